The second kappa shape index (κ2) is 1.73. The van der Waals surface area contributed by atoms with Crippen LogP contribution in [0.25, 0.3) is 0 Å². The highest BCUT2D eigenvalue weighted by atomic mass is 19.1. The van der Waals surface area contributed by atoms with Crippen molar-refractivity contribution in [1.82, 2.24) is 5.32 Å². The predicted molar refractivity (Wildman–Crippen MR) is 29.2 cm³/mol. The number of carbonyl (C=O) groups is 1. The van der Waals surface area contributed by atoms with Crippen LogP contribution in [0.15, 0.2) is 0 Å². The molecule has 0 spiro atoms. The zero-order valence-corrected chi connectivity index (χ0v) is 4.65. The number of hydrogen-bond donors (Lipinski definition) is 1. The lowest BCUT2D eigenvalue weighted by Gasteiger charge is -1.94. The van der Waals surface area contributed by atoms with Gasteiger partial charge in [0.25, 0.3) is 5.91 Å². The van der Waals surface area contributed by atoms with Crippen LogP contribution in [0.5, 0.6) is 0 Å². The Labute approximate surface area is 48.6 Å². The van der Waals surface area contributed by atoms with Crippen LogP contribution in [0.2, 0.25) is 0 Å². The van der Waals surface area contributed by atoms with Gasteiger partial charge in [0.05, 0.1) is 0 Å². The van der Waals surface area contributed by atoms with E-state index in [0.717, 1.165) is 0 Å². The Morgan fingerprint density at radius 3 is 2.75 bits per heavy atom. The van der Waals surface area contributed by atoms with Gasteiger partial charge in [-0.15, -0.1) is 0 Å². The van der Waals surface area contributed by atoms with Gasteiger partial charge < -0.3 is 5.32 Å². The number of rotatable bonds is 0. The molecule has 1 aliphatic rings. The molecular weight excluding hydrogens is 109 g/mol. The van der Waals surface area contributed by atoms with Crippen molar-refractivity contribution in [2.24, 2.45) is 0 Å². The van der Waals surface area contributed by atoms with Gasteiger partial charge in [0, 0.05) is 13.9 Å². The molecule has 8 heavy (non-hydrogen) atoms. The van der Waals surface area contributed by atoms with Gasteiger partial charge in [0.15, 0.2) is 6.17 Å². The maximum absolute atomic E-state index is 12.2. The van der Waals surface area contributed by atoms with Crippen molar-refractivity contribution < 1.29 is 10.6 Å². The molecule has 0 aromatic heterocycles. The highest BCUT2D eigenvalue weighted by Crippen LogP contribution is 2.09. The Hall–Kier alpha value is -0.600. The van der Waals surface area contributed by atoms with Gasteiger partial charge in [0.1, 0.15) is 0 Å². The second-order valence-corrected chi connectivity index (χ2v) is 2.11. The maximum Gasteiger partial charge on any atom is 0.254 e. The Bertz CT molecular complexity index is 120. The summed E-state index contributed by atoms with van der Waals surface area (Å²) in [7, 11) is 0. The molecule has 1 amide bonds. The summed E-state index contributed by atoms with van der Waals surface area (Å²) in [6, 6.07) is 0.0255. The van der Waals surface area contributed by atoms with E-state index in [-0.39, 0.29) is 7.47 Å². The second-order valence-electron chi connectivity index (χ2n) is 2.11. The quantitative estimate of drug-likeness (QED) is 0.493. The summed E-state index contributed by atoms with van der Waals surface area (Å²) < 4.78 is 12.2. The molecule has 2 atom stereocenters. The van der Waals surface area contributed by atoms with Gasteiger partial charge in [-0.2, -0.15) is 0 Å². The van der Waals surface area contributed by atoms with Crippen LogP contribution in [0.4, 0.5) is 4.39 Å². The first kappa shape index (κ1) is 5.54. The summed E-state index contributed by atoms with van der Waals surface area (Å²) in [6.45, 7) is 1.79. The molecule has 1 fully saturated rings. The number of alkyl halides is 1. The molecule has 0 radical (unpaired) electrons. The first-order valence-corrected chi connectivity index (χ1v) is 2.64. The van der Waals surface area contributed by atoms with Gasteiger partial charge in [0.2, 0.25) is 0 Å². The number of halogens is 1. The van der Waals surface area contributed by atoms with Crippen molar-refractivity contribution in [3.8, 4) is 0 Å². The molecule has 0 aromatic rings. The van der Waals surface area contributed by atoms with Gasteiger partial charge in [-0.05, 0) is 6.92 Å². The van der Waals surface area contributed by atoms with Gasteiger partial charge in [-0.3, -0.25) is 4.79 Å². The molecule has 0 aromatic carbocycles. The third kappa shape index (κ3) is 0.804. The monoisotopic (exact) mass is 119 g/mol. The SMILES string of the molecule is CC1CC(F)C(=O)N1.[HH]. The van der Waals surface area contributed by atoms with Crippen molar-refractivity contribution in [1.29, 1.82) is 0 Å². The first-order chi connectivity index (χ1) is 3.70. The number of hydrogen-bond acceptors (Lipinski definition) is 1. The summed E-state index contributed by atoms with van der Waals surface area (Å²) >= 11 is 0. The Morgan fingerprint density at radius 2 is 2.62 bits per heavy atom. The third-order valence-corrected chi connectivity index (χ3v) is 1.23. The van der Waals surface area contributed by atoms with Crippen LogP contribution in [-0.4, -0.2) is 18.1 Å². The minimum Gasteiger partial charge on any atom is -0.351 e. The van der Waals surface area contributed by atoms with E-state index < -0.39 is 12.1 Å². The minimum atomic E-state index is -1.26. The average molecular weight is 119 g/mol. The topological polar surface area (TPSA) is 29.1 Å². The van der Waals surface area contributed by atoms with Crippen LogP contribution in [0.3, 0.4) is 0 Å². The number of nitrogens with one attached hydrogen (secondary N) is 1. The first-order valence-electron chi connectivity index (χ1n) is 2.64. The van der Waals surface area contributed by atoms with Crippen molar-refractivity contribution in [3.63, 3.8) is 0 Å². The summed E-state index contributed by atoms with van der Waals surface area (Å²) in [5, 5.41) is 2.45. The lowest BCUT2D eigenvalue weighted by atomic mass is 10.2. The van der Waals surface area contributed by atoms with Crippen molar-refractivity contribution >= 4 is 5.91 Å². The van der Waals surface area contributed by atoms with E-state index >= 15 is 0 Å². The molecule has 3 heteroatoms. The molecule has 1 rings (SSSR count). The van der Waals surface area contributed by atoms with Gasteiger partial charge in [-0.1, -0.05) is 0 Å². The van der Waals surface area contributed by atoms with Crippen LogP contribution in [0, 0.1) is 0 Å². The number of amides is 1. The summed E-state index contributed by atoms with van der Waals surface area (Å²) in [6.07, 6.45) is -0.927. The molecule has 1 aliphatic heterocycles. The fourth-order valence-corrected chi connectivity index (χ4v) is 0.810. The van der Waals surface area contributed by atoms with E-state index in [0.29, 0.717) is 6.42 Å². The summed E-state index contributed by atoms with van der Waals surface area (Å²) in [5.41, 5.74) is 0. The van der Waals surface area contributed by atoms with E-state index in [2.05, 4.69) is 5.32 Å². The highest BCUT2D eigenvalue weighted by molar-refractivity contribution is 5.83. The van der Waals surface area contributed by atoms with E-state index in [1.807, 2.05) is 0 Å². The fourth-order valence-electron chi connectivity index (χ4n) is 0.810. The van der Waals surface area contributed by atoms with E-state index in [9.17, 15) is 9.18 Å². The Balaban J connectivity index is 0.000000640. The molecular formula is C5H10FNO. The normalized spacial score (nSPS) is 37.5. The van der Waals surface area contributed by atoms with Crippen molar-refractivity contribution in [2.75, 3.05) is 0 Å². The maximum atomic E-state index is 12.2. The zero-order chi connectivity index (χ0) is 6.15. The molecule has 0 saturated carbocycles. The van der Waals surface area contributed by atoms with Gasteiger partial charge in [-0.25, -0.2) is 4.39 Å². The smallest absolute Gasteiger partial charge is 0.254 e. The molecule has 0 bridgehead atoms. The average Bonchev–Trinajstić information content (AvgIpc) is 1.85. The molecule has 1 saturated heterocycles. The minimum absolute atomic E-state index is 0. The largest absolute Gasteiger partial charge is 0.351 e. The van der Waals surface area contributed by atoms with Crippen LogP contribution < -0.4 is 5.32 Å². The molecule has 48 valence electrons. The molecule has 2 nitrogen and oxygen atoms in total. The van der Waals surface area contributed by atoms with E-state index in [1.165, 1.54) is 0 Å². The number of carbonyl (C=O) groups excluding carboxylic acids is 1. The van der Waals surface area contributed by atoms with Crippen molar-refractivity contribution in [3.05, 3.63) is 0 Å². The lowest BCUT2D eigenvalue weighted by Crippen LogP contribution is -2.24. The fraction of sp³-hybridized carbons (Fsp3) is 0.800. The Kier molecular flexibility index (Phi) is 1.19. The molecule has 1 heterocycles. The predicted octanol–water partition coefficient (Wildman–Crippen LogP) is 0.479. The van der Waals surface area contributed by atoms with Gasteiger partial charge >= 0.3 is 0 Å². The Morgan fingerprint density at radius 1 is 2.00 bits per heavy atom. The van der Waals surface area contributed by atoms with Crippen LogP contribution in [0.1, 0.15) is 14.8 Å². The molecule has 0 aliphatic carbocycles. The van der Waals surface area contributed by atoms with Crippen LogP contribution >= 0.6 is 0 Å². The lowest BCUT2D eigenvalue weighted by molar-refractivity contribution is -0.123. The highest BCUT2D eigenvalue weighted by Gasteiger charge is 2.28. The zero-order valence-electron chi connectivity index (χ0n) is 4.65. The van der Waals surface area contributed by atoms with E-state index in [1.54, 1.807) is 6.92 Å². The standard InChI is InChI=1S/C5H8FNO.H2/c1-3-2-4(6)5(8)7-3;/h3-4H,2H2,1H3,(H,7,8);1H. The summed E-state index contributed by atoms with van der Waals surface area (Å²) in [4.78, 5) is 10.3. The molecule has 1 N–H and O–H groups in total. The van der Waals surface area contributed by atoms with Crippen molar-refractivity contribution in [2.45, 2.75) is 25.6 Å². The third-order valence-electron chi connectivity index (χ3n) is 1.23. The van der Waals surface area contributed by atoms with E-state index in [4.69, 9.17) is 0 Å². The summed E-state index contributed by atoms with van der Waals surface area (Å²) in [5.74, 6) is -0.461. The van der Waals surface area contributed by atoms with Crippen LogP contribution in [-0.2, 0) is 4.79 Å². The molecule has 2 unspecified atom stereocenters.